The van der Waals surface area contributed by atoms with Crippen LogP contribution in [0.5, 0.6) is 0 Å². The average Bonchev–Trinajstić information content (AvgIpc) is 2.75. The van der Waals surface area contributed by atoms with Crippen LogP contribution in [0.25, 0.3) is 0 Å². The Morgan fingerprint density at radius 3 is 2.25 bits per heavy atom. The van der Waals surface area contributed by atoms with E-state index in [2.05, 4.69) is 21.2 Å². The molecule has 0 bridgehead atoms. The highest BCUT2D eigenvalue weighted by Crippen LogP contribution is 2.25. The number of hydrogen-bond donors (Lipinski definition) is 1. The second-order valence-corrected chi connectivity index (χ2v) is 10.9. The third-order valence-electron chi connectivity index (χ3n) is 4.55. The first-order valence-electron chi connectivity index (χ1n) is 9.36. The quantitative estimate of drug-likeness (QED) is 0.362. The van der Waals surface area contributed by atoms with Crippen LogP contribution in [0.2, 0.25) is 15.1 Å². The maximum atomic E-state index is 13.3. The molecular formula is C22H18BrCl3N2O3S. The molecule has 0 saturated carbocycles. The molecule has 0 aliphatic heterocycles. The van der Waals surface area contributed by atoms with E-state index in [4.69, 9.17) is 34.8 Å². The lowest BCUT2D eigenvalue weighted by molar-refractivity contribution is -0.121. The fourth-order valence-corrected chi connectivity index (χ4v) is 5.05. The summed E-state index contributed by atoms with van der Waals surface area (Å²) < 4.78 is 28.5. The van der Waals surface area contributed by atoms with E-state index in [0.29, 0.717) is 20.6 Å². The van der Waals surface area contributed by atoms with Gasteiger partial charge >= 0.3 is 0 Å². The molecule has 0 aromatic heterocycles. The van der Waals surface area contributed by atoms with Crippen LogP contribution in [0.1, 0.15) is 11.1 Å². The van der Waals surface area contributed by atoms with Gasteiger partial charge in [-0.1, -0.05) is 75.0 Å². The van der Waals surface area contributed by atoms with Crippen LogP contribution in [0, 0.1) is 0 Å². The summed E-state index contributed by atoms with van der Waals surface area (Å²) in [6, 6.07) is 18.1. The molecule has 0 unspecified atom stereocenters. The zero-order chi connectivity index (χ0) is 23.3. The first-order valence-corrected chi connectivity index (χ1v) is 12.7. The van der Waals surface area contributed by atoms with Gasteiger partial charge in [0.1, 0.15) is 0 Å². The van der Waals surface area contributed by atoms with E-state index in [9.17, 15) is 13.2 Å². The van der Waals surface area contributed by atoms with Crippen molar-refractivity contribution in [2.45, 2.75) is 18.0 Å². The molecule has 0 radical (unpaired) electrons. The van der Waals surface area contributed by atoms with Gasteiger partial charge in [-0.25, -0.2) is 8.42 Å². The zero-order valence-corrected chi connectivity index (χ0v) is 21.2. The molecule has 0 atom stereocenters. The molecule has 3 rings (SSSR count). The molecule has 5 nitrogen and oxygen atoms in total. The zero-order valence-electron chi connectivity index (χ0n) is 16.6. The number of amides is 1. The van der Waals surface area contributed by atoms with E-state index in [1.165, 1.54) is 12.1 Å². The fourth-order valence-electron chi connectivity index (χ4n) is 2.87. The van der Waals surface area contributed by atoms with Crippen molar-refractivity contribution in [3.8, 4) is 0 Å². The van der Waals surface area contributed by atoms with Gasteiger partial charge in [0, 0.05) is 22.6 Å². The van der Waals surface area contributed by atoms with Crippen LogP contribution in [0.3, 0.4) is 0 Å². The highest BCUT2D eigenvalue weighted by molar-refractivity contribution is 9.10. The maximum Gasteiger partial charge on any atom is 0.243 e. The molecule has 3 aromatic carbocycles. The highest BCUT2D eigenvalue weighted by Gasteiger charge is 2.27. The van der Waals surface area contributed by atoms with Crippen molar-refractivity contribution < 1.29 is 13.2 Å². The average molecular weight is 577 g/mol. The molecule has 0 aliphatic carbocycles. The van der Waals surface area contributed by atoms with Gasteiger partial charge in [-0.05, 0) is 53.6 Å². The van der Waals surface area contributed by atoms with Crippen molar-refractivity contribution in [1.82, 2.24) is 9.62 Å². The van der Waals surface area contributed by atoms with Crippen LogP contribution in [0.15, 0.2) is 76.1 Å². The van der Waals surface area contributed by atoms with Crippen molar-refractivity contribution in [2.24, 2.45) is 0 Å². The summed E-state index contributed by atoms with van der Waals surface area (Å²) in [6.45, 7) is -0.269. The molecule has 3 aromatic rings. The normalized spacial score (nSPS) is 11.5. The minimum Gasteiger partial charge on any atom is -0.351 e. The van der Waals surface area contributed by atoms with E-state index in [-0.39, 0.29) is 24.5 Å². The van der Waals surface area contributed by atoms with Crippen LogP contribution in [-0.2, 0) is 27.9 Å². The maximum absolute atomic E-state index is 13.3. The Hall–Kier alpha value is -1.61. The van der Waals surface area contributed by atoms with Gasteiger partial charge < -0.3 is 5.32 Å². The van der Waals surface area contributed by atoms with Gasteiger partial charge in [0.15, 0.2) is 0 Å². The number of nitrogens with one attached hydrogen (secondary N) is 1. The Kier molecular flexibility index (Phi) is 8.61. The molecule has 0 saturated heterocycles. The Balaban J connectivity index is 1.83. The SMILES string of the molecule is O=C(CN(Cc1ccc(Cl)c(Cl)c1)S(=O)(=O)c1ccc(Br)cc1)NCc1ccccc1Cl. The third-order valence-corrected chi connectivity index (χ3v) is 7.99. The number of carbonyl (C=O) groups excluding carboxylic acids is 1. The first kappa shape index (κ1) is 25.0. The number of carbonyl (C=O) groups is 1. The Morgan fingerprint density at radius 2 is 1.59 bits per heavy atom. The fraction of sp³-hybridized carbons (Fsp3) is 0.136. The van der Waals surface area contributed by atoms with Crippen molar-refractivity contribution >= 4 is 66.7 Å². The van der Waals surface area contributed by atoms with Crippen LogP contribution >= 0.6 is 50.7 Å². The lowest BCUT2D eigenvalue weighted by Gasteiger charge is -2.22. The molecule has 0 aliphatic rings. The van der Waals surface area contributed by atoms with Gasteiger partial charge in [0.05, 0.1) is 21.5 Å². The monoisotopic (exact) mass is 574 g/mol. The lowest BCUT2D eigenvalue weighted by atomic mass is 10.2. The van der Waals surface area contributed by atoms with Crippen LogP contribution < -0.4 is 5.32 Å². The van der Waals surface area contributed by atoms with E-state index in [1.807, 2.05) is 6.07 Å². The number of halogens is 4. The summed E-state index contributed by atoms with van der Waals surface area (Å²) >= 11 is 21.5. The molecule has 10 heteroatoms. The number of benzene rings is 3. The van der Waals surface area contributed by atoms with Gasteiger partial charge in [0.2, 0.25) is 15.9 Å². The van der Waals surface area contributed by atoms with Crippen molar-refractivity contribution in [1.29, 1.82) is 0 Å². The number of nitrogens with zero attached hydrogens (tertiary/aromatic N) is 1. The van der Waals surface area contributed by atoms with Crippen molar-refractivity contribution in [3.05, 3.63) is 97.4 Å². The summed E-state index contributed by atoms with van der Waals surface area (Å²) in [6.07, 6.45) is 0. The Labute approximate surface area is 210 Å². The number of rotatable bonds is 8. The molecule has 1 N–H and O–H groups in total. The lowest BCUT2D eigenvalue weighted by Crippen LogP contribution is -2.40. The van der Waals surface area contributed by atoms with Crippen LogP contribution in [-0.4, -0.2) is 25.2 Å². The van der Waals surface area contributed by atoms with E-state index in [1.54, 1.807) is 48.5 Å². The van der Waals surface area contributed by atoms with E-state index >= 15 is 0 Å². The topological polar surface area (TPSA) is 66.5 Å². The first-order chi connectivity index (χ1) is 15.2. The molecule has 32 heavy (non-hydrogen) atoms. The summed E-state index contributed by atoms with van der Waals surface area (Å²) in [5.41, 5.74) is 1.33. The molecule has 0 heterocycles. The summed E-state index contributed by atoms with van der Waals surface area (Å²) in [7, 11) is -3.98. The van der Waals surface area contributed by atoms with Gasteiger partial charge in [0.25, 0.3) is 0 Å². The molecule has 1 amide bonds. The highest BCUT2D eigenvalue weighted by atomic mass is 79.9. The summed E-state index contributed by atoms with van der Waals surface area (Å²) in [5.74, 6) is -0.467. The van der Waals surface area contributed by atoms with Gasteiger partial charge in [-0.3, -0.25) is 4.79 Å². The second-order valence-electron chi connectivity index (χ2n) is 6.84. The molecular weight excluding hydrogens is 559 g/mol. The van der Waals surface area contributed by atoms with Crippen molar-refractivity contribution in [3.63, 3.8) is 0 Å². The minimum absolute atomic E-state index is 0.0607. The largest absolute Gasteiger partial charge is 0.351 e. The van der Waals surface area contributed by atoms with Gasteiger partial charge in [-0.2, -0.15) is 4.31 Å². The molecule has 0 fully saturated rings. The standard InChI is InChI=1S/C22H18BrCl3N2O3S/c23-17-6-8-18(9-7-17)32(30,31)28(13-15-5-10-20(25)21(26)11-15)14-22(29)27-12-16-3-1-2-4-19(16)24/h1-11H,12-14H2,(H,27,29). The molecule has 168 valence electrons. The Morgan fingerprint density at radius 1 is 0.906 bits per heavy atom. The predicted octanol–water partition coefficient (Wildman–Crippen LogP) is 5.92. The van der Waals surface area contributed by atoms with Crippen molar-refractivity contribution in [2.75, 3.05) is 6.54 Å². The van der Waals surface area contributed by atoms with Gasteiger partial charge in [-0.15, -0.1) is 0 Å². The third kappa shape index (κ3) is 6.47. The number of sulfonamides is 1. The minimum atomic E-state index is -3.98. The smallest absolute Gasteiger partial charge is 0.243 e. The van der Waals surface area contributed by atoms with E-state index < -0.39 is 15.9 Å². The number of hydrogen-bond acceptors (Lipinski definition) is 3. The second kappa shape index (κ2) is 11.0. The molecule has 0 spiro atoms. The van der Waals surface area contributed by atoms with Crippen LogP contribution in [0.4, 0.5) is 0 Å². The summed E-state index contributed by atoms with van der Waals surface area (Å²) in [5, 5.41) is 3.90. The summed E-state index contributed by atoms with van der Waals surface area (Å²) in [4.78, 5) is 12.7. The van der Waals surface area contributed by atoms with E-state index in [0.717, 1.165) is 14.3 Å². The Bertz CT molecular complexity index is 1220. The predicted molar refractivity (Wildman–Crippen MR) is 131 cm³/mol.